The number of nitrogens with zero attached hydrogens (tertiary/aromatic N) is 1. The van der Waals surface area contributed by atoms with Gasteiger partial charge in [-0.05, 0) is 37.5 Å². The van der Waals surface area contributed by atoms with Crippen molar-refractivity contribution in [2.75, 3.05) is 20.2 Å². The molecule has 1 rings (SSSR count). The van der Waals surface area contributed by atoms with E-state index in [1.165, 1.54) is 12.1 Å². The molecule has 0 saturated carbocycles. The van der Waals surface area contributed by atoms with Gasteiger partial charge in [0.1, 0.15) is 5.75 Å². The molecule has 17 heavy (non-hydrogen) atoms. The molecule has 0 aromatic heterocycles. The second-order valence-corrected chi connectivity index (χ2v) is 4.06. The quantitative estimate of drug-likeness (QED) is 0.739. The summed E-state index contributed by atoms with van der Waals surface area (Å²) in [5.41, 5.74) is 0.495. The highest BCUT2D eigenvalue weighted by Gasteiger charge is 2.11. The van der Waals surface area contributed by atoms with E-state index in [2.05, 4.69) is 0 Å². The van der Waals surface area contributed by atoms with Crippen LogP contribution < -0.4 is 0 Å². The van der Waals surface area contributed by atoms with E-state index in [4.69, 9.17) is 5.11 Å². The highest BCUT2D eigenvalue weighted by molar-refractivity contribution is 5.94. The van der Waals surface area contributed by atoms with Crippen molar-refractivity contribution < 1.29 is 15.0 Å². The second-order valence-electron chi connectivity index (χ2n) is 4.06. The number of carbonyl (C=O) groups excluding carboxylic acids is 1. The van der Waals surface area contributed by atoms with Crippen LogP contribution in [0, 0.1) is 0 Å². The maximum atomic E-state index is 11.9. The molecule has 0 heterocycles. The number of amides is 1. The van der Waals surface area contributed by atoms with Crippen LogP contribution >= 0.6 is 0 Å². The third-order valence-electron chi connectivity index (χ3n) is 2.59. The van der Waals surface area contributed by atoms with Gasteiger partial charge in [-0.2, -0.15) is 0 Å². The Labute approximate surface area is 101 Å². The summed E-state index contributed by atoms with van der Waals surface area (Å²) in [6.07, 6.45) is 2.56. The predicted octanol–water partition coefficient (Wildman–Crippen LogP) is 1.63. The van der Waals surface area contributed by atoms with Crippen LogP contribution in [-0.2, 0) is 0 Å². The number of aliphatic hydroxyl groups excluding tert-OH is 1. The van der Waals surface area contributed by atoms with Crippen molar-refractivity contribution in [3.05, 3.63) is 29.8 Å². The largest absolute Gasteiger partial charge is 0.508 e. The van der Waals surface area contributed by atoms with Crippen molar-refractivity contribution in [3.8, 4) is 5.75 Å². The first-order chi connectivity index (χ1) is 8.15. The van der Waals surface area contributed by atoms with Crippen LogP contribution in [0.15, 0.2) is 24.3 Å². The number of benzene rings is 1. The van der Waals surface area contributed by atoms with Gasteiger partial charge in [-0.15, -0.1) is 0 Å². The number of aromatic hydroxyl groups is 1. The summed E-state index contributed by atoms with van der Waals surface area (Å²) in [6, 6.07) is 6.35. The molecule has 0 unspecified atom stereocenters. The fourth-order valence-electron chi connectivity index (χ4n) is 1.60. The molecule has 1 aromatic carbocycles. The Balaban J connectivity index is 2.46. The van der Waals surface area contributed by atoms with E-state index in [1.54, 1.807) is 24.1 Å². The number of phenolic OH excluding ortho intramolecular Hbond substituents is 1. The van der Waals surface area contributed by atoms with Gasteiger partial charge in [-0.3, -0.25) is 4.79 Å². The van der Waals surface area contributed by atoms with Crippen LogP contribution in [0.3, 0.4) is 0 Å². The van der Waals surface area contributed by atoms with Crippen LogP contribution in [0.25, 0.3) is 0 Å². The monoisotopic (exact) mass is 237 g/mol. The van der Waals surface area contributed by atoms with Crippen LogP contribution in [0.1, 0.15) is 29.6 Å². The molecule has 0 saturated heterocycles. The number of hydrogen-bond donors (Lipinski definition) is 2. The molecule has 94 valence electrons. The van der Waals surface area contributed by atoms with Crippen molar-refractivity contribution in [1.82, 2.24) is 4.90 Å². The van der Waals surface area contributed by atoms with Crippen LogP contribution in [0.2, 0.25) is 0 Å². The minimum atomic E-state index is -0.0927. The molecule has 1 amide bonds. The number of hydrogen-bond acceptors (Lipinski definition) is 3. The summed E-state index contributed by atoms with van der Waals surface area (Å²) in [5.74, 6) is 0.00873. The second kappa shape index (κ2) is 6.91. The molecule has 1 aromatic rings. The fraction of sp³-hybridized carbons (Fsp3) is 0.462. The third kappa shape index (κ3) is 4.44. The lowest BCUT2D eigenvalue weighted by Gasteiger charge is -2.17. The topological polar surface area (TPSA) is 60.8 Å². The fourth-order valence-corrected chi connectivity index (χ4v) is 1.60. The third-order valence-corrected chi connectivity index (χ3v) is 2.59. The Morgan fingerprint density at radius 2 is 2.06 bits per heavy atom. The van der Waals surface area contributed by atoms with Crippen molar-refractivity contribution in [1.29, 1.82) is 0 Å². The van der Waals surface area contributed by atoms with Crippen LogP contribution in [0.5, 0.6) is 5.75 Å². The van der Waals surface area contributed by atoms with Crippen molar-refractivity contribution >= 4 is 5.91 Å². The Morgan fingerprint density at radius 1 is 1.29 bits per heavy atom. The zero-order valence-corrected chi connectivity index (χ0v) is 10.1. The summed E-state index contributed by atoms with van der Waals surface area (Å²) in [5, 5.41) is 17.9. The number of phenols is 1. The molecule has 0 spiro atoms. The zero-order valence-electron chi connectivity index (χ0n) is 10.1. The van der Waals surface area contributed by atoms with Gasteiger partial charge in [0.2, 0.25) is 0 Å². The van der Waals surface area contributed by atoms with Gasteiger partial charge in [0, 0.05) is 25.8 Å². The first-order valence-electron chi connectivity index (χ1n) is 5.80. The molecule has 0 aliphatic rings. The van der Waals surface area contributed by atoms with Gasteiger partial charge in [-0.25, -0.2) is 0 Å². The molecular weight excluding hydrogens is 218 g/mol. The normalized spacial score (nSPS) is 10.2. The lowest BCUT2D eigenvalue weighted by molar-refractivity contribution is 0.0791. The summed E-state index contributed by atoms with van der Waals surface area (Å²) in [7, 11) is 1.74. The van der Waals surface area contributed by atoms with Crippen LogP contribution in [0.4, 0.5) is 0 Å². The molecule has 4 nitrogen and oxygen atoms in total. The minimum absolute atomic E-state index is 0.0927. The van der Waals surface area contributed by atoms with Gasteiger partial charge in [-0.1, -0.05) is 6.07 Å². The highest BCUT2D eigenvalue weighted by atomic mass is 16.3. The SMILES string of the molecule is CN(CCCCCO)C(=O)c1cccc(O)c1. The van der Waals surface area contributed by atoms with Crippen molar-refractivity contribution in [2.24, 2.45) is 0 Å². The molecule has 2 N–H and O–H groups in total. The van der Waals surface area contributed by atoms with E-state index in [0.29, 0.717) is 12.1 Å². The maximum Gasteiger partial charge on any atom is 0.253 e. The molecule has 0 atom stereocenters. The van der Waals surface area contributed by atoms with Gasteiger partial charge in [0.05, 0.1) is 0 Å². The Morgan fingerprint density at radius 3 is 2.71 bits per heavy atom. The van der Waals surface area contributed by atoms with E-state index in [9.17, 15) is 9.90 Å². The number of aliphatic hydroxyl groups is 1. The lowest BCUT2D eigenvalue weighted by Crippen LogP contribution is -2.27. The average Bonchev–Trinajstić information content (AvgIpc) is 2.33. The molecule has 0 aliphatic heterocycles. The summed E-state index contributed by atoms with van der Waals surface area (Å²) in [6.45, 7) is 0.860. The molecular formula is C13H19NO3. The number of carbonyl (C=O) groups is 1. The number of unbranched alkanes of at least 4 members (excludes halogenated alkanes) is 2. The molecule has 0 fully saturated rings. The Bertz CT molecular complexity index is 365. The first kappa shape index (κ1) is 13.5. The number of rotatable bonds is 6. The van der Waals surface area contributed by atoms with E-state index < -0.39 is 0 Å². The van der Waals surface area contributed by atoms with E-state index in [-0.39, 0.29) is 18.3 Å². The Hall–Kier alpha value is -1.55. The van der Waals surface area contributed by atoms with Gasteiger partial charge in [0.15, 0.2) is 0 Å². The standard InChI is InChI=1S/C13H19NO3/c1-14(8-3-2-4-9-15)13(17)11-6-5-7-12(16)10-11/h5-7,10,15-16H,2-4,8-9H2,1H3. The summed E-state index contributed by atoms with van der Waals surface area (Å²) in [4.78, 5) is 13.6. The smallest absolute Gasteiger partial charge is 0.253 e. The highest BCUT2D eigenvalue weighted by Crippen LogP contribution is 2.12. The first-order valence-corrected chi connectivity index (χ1v) is 5.80. The van der Waals surface area contributed by atoms with E-state index >= 15 is 0 Å². The zero-order chi connectivity index (χ0) is 12.7. The lowest BCUT2D eigenvalue weighted by atomic mass is 10.2. The predicted molar refractivity (Wildman–Crippen MR) is 66.0 cm³/mol. The van der Waals surface area contributed by atoms with Crippen molar-refractivity contribution in [3.63, 3.8) is 0 Å². The van der Waals surface area contributed by atoms with E-state index in [1.807, 2.05) is 0 Å². The molecule has 0 bridgehead atoms. The molecule has 4 heteroatoms. The molecule has 0 aliphatic carbocycles. The maximum absolute atomic E-state index is 11.9. The summed E-state index contributed by atoms with van der Waals surface area (Å²) < 4.78 is 0. The van der Waals surface area contributed by atoms with Gasteiger partial charge >= 0.3 is 0 Å². The average molecular weight is 237 g/mol. The molecule has 0 radical (unpaired) electrons. The van der Waals surface area contributed by atoms with Crippen LogP contribution in [-0.4, -0.2) is 41.2 Å². The minimum Gasteiger partial charge on any atom is -0.508 e. The van der Waals surface area contributed by atoms with Crippen molar-refractivity contribution in [2.45, 2.75) is 19.3 Å². The summed E-state index contributed by atoms with van der Waals surface area (Å²) >= 11 is 0. The van der Waals surface area contributed by atoms with Gasteiger partial charge in [0.25, 0.3) is 5.91 Å². The van der Waals surface area contributed by atoms with E-state index in [0.717, 1.165) is 19.3 Å². The van der Waals surface area contributed by atoms with Gasteiger partial charge < -0.3 is 15.1 Å². The Kier molecular flexibility index (Phi) is 5.49.